The van der Waals surface area contributed by atoms with Crippen LogP contribution in [0.2, 0.25) is 0 Å². The van der Waals surface area contributed by atoms with Gasteiger partial charge in [0.2, 0.25) is 0 Å². The third kappa shape index (κ3) is 4.37. The van der Waals surface area contributed by atoms with Gasteiger partial charge in [-0.25, -0.2) is 13.2 Å². The molecule has 1 aromatic carbocycles. The molecule has 1 rings (SSSR count). The highest BCUT2D eigenvalue weighted by Crippen LogP contribution is 2.34. The normalized spacial score (nSPS) is 13.0. The lowest BCUT2D eigenvalue weighted by atomic mass is 10.1. The first-order valence-electron chi connectivity index (χ1n) is 6.65. The van der Waals surface area contributed by atoms with E-state index in [9.17, 15) is 26.4 Å². The minimum absolute atomic E-state index is 0.0472. The van der Waals surface area contributed by atoms with Crippen molar-refractivity contribution in [2.75, 3.05) is 13.6 Å². The number of benzene rings is 1. The monoisotopic (exact) mass is 353 g/mol. The fourth-order valence-electron chi connectivity index (χ4n) is 1.83. The zero-order valence-corrected chi connectivity index (χ0v) is 13.7. The summed E-state index contributed by atoms with van der Waals surface area (Å²) in [5.41, 5.74) is -1.04. The van der Waals surface area contributed by atoms with Crippen LogP contribution in [-0.4, -0.2) is 42.9 Å². The van der Waals surface area contributed by atoms with E-state index in [2.05, 4.69) is 0 Å². The van der Waals surface area contributed by atoms with Crippen LogP contribution in [0.3, 0.4) is 0 Å². The smallest absolute Gasteiger partial charge is 0.416 e. The summed E-state index contributed by atoms with van der Waals surface area (Å²) in [4.78, 5) is 11.2. The van der Waals surface area contributed by atoms with E-state index in [1.165, 1.54) is 20.9 Å². The first-order chi connectivity index (χ1) is 10.3. The molecule has 0 bridgehead atoms. The second kappa shape index (κ2) is 6.38. The van der Waals surface area contributed by atoms with Crippen molar-refractivity contribution < 1.29 is 31.5 Å². The van der Waals surface area contributed by atoms with Crippen molar-refractivity contribution in [2.24, 2.45) is 0 Å². The molecule has 0 fully saturated rings. The Kier molecular flexibility index (Phi) is 5.35. The minimum atomic E-state index is -4.64. The van der Waals surface area contributed by atoms with Crippen molar-refractivity contribution in [3.8, 4) is 0 Å². The van der Waals surface area contributed by atoms with Crippen molar-refractivity contribution in [1.82, 2.24) is 4.90 Å². The largest absolute Gasteiger partial charge is 0.465 e. The van der Waals surface area contributed by atoms with Crippen LogP contribution < -0.4 is 0 Å². The Morgan fingerprint density at radius 3 is 2.30 bits per heavy atom. The predicted octanol–water partition coefficient (Wildman–Crippen LogP) is 3.26. The number of sulfone groups is 1. The first kappa shape index (κ1) is 19.3. The zero-order chi connectivity index (χ0) is 18.1. The number of carboxylic acid groups (broad SMARTS) is 1. The van der Waals surface area contributed by atoms with Crippen molar-refractivity contribution in [1.29, 1.82) is 0 Å². The highest BCUT2D eigenvalue weighted by atomic mass is 32.2. The van der Waals surface area contributed by atoms with E-state index >= 15 is 0 Å². The van der Waals surface area contributed by atoms with Gasteiger partial charge in [0, 0.05) is 13.6 Å². The summed E-state index contributed by atoms with van der Waals surface area (Å²) in [6, 6.07) is 3.53. The molecule has 0 aliphatic heterocycles. The molecule has 0 aromatic heterocycles. The van der Waals surface area contributed by atoms with E-state index in [1.54, 1.807) is 0 Å². The Morgan fingerprint density at radius 1 is 1.26 bits per heavy atom. The number of amides is 1. The summed E-state index contributed by atoms with van der Waals surface area (Å²) in [7, 11) is -2.78. The molecule has 0 aliphatic rings. The number of hydrogen-bond acceptors (Lipinski definition) is 3. The summed E-state index contributed by atoms with van der Waals surface area (Å²) in [6.45, 7) is 2.66. The van der Waals surface area contributed by atoms with E-state index in [4.69, 9.17) is 5.11 Å². The molecule has 130 valence electrons. The summed E-state index contributed by atoms with van der Waals surface area (Å²) >= 11 is 0. The highest BCUT2D eigenvalue weighted by molar-refractivity contribution is 7.92. The second-order valence-electron chi connectivity index (χ2n) is 5.74. The topological polar surface area (TPSA) is 74.7 Å². The van der Waals surface area contributed by atoms with Crippen molar-refractivity contribution >= 4 is 15.9 Å². The SMILES string of the molecule is CN(CCC(C)(C)S(=O)(=O)c1cccc(C(F)(F)F)c1)C(=O)O. The second-order valence-corrected chi connectivity index (χ2v) is 8.33. The summed E-state index contributed by atoms with van der Waals surface area (Å²) in [6.07, 6.45) is -5.90. The third-order valence-electron chi connectivity index (χ3n) is 3.57. The fraction of sp³-hybridized carbons (Fsp3) is 0.500. The van der Waals surface area contributed by atoms with Gasteiger partial charge in [0.15, 0.2) is 9.84 Å². The van der Waals surface area contributed by atoms with E-state index in [-0.39, 0.29) is 13.0 Å². The molecule has 0 unspecified atom stereocenters. The predicted molar refractivity (Wildman–Crippen MR) is 78.0 cm³/mol. The van der Waals surface area contributed by atoms with Gasteiger partial charge in [-0.1, -0.05) is 6.07 Å². The average molecular weight is 353 g/mol. The van der Waals surface area contributed by atoms with Gasteiger partial charge in [-0.3, -0.25) is 0 Å². The number of carbonyl (C=O) groups is 1. The fourth-order valence-corrected chi connectivity index (χ4v) is 3.36. The van der Waals surface area contributed by atoms with Gasteiger partial charge in [0.25, 0.3) is 0 Å². The van der Waals surface area contributed by atoms with Crippen molar-refractivity contribution in [2.45, 2.75) is 36.1 Å². The Hall–Kier alpha value is -1.77. The number of rotatable bonds is 5. The van der Waals surface area contributed by atoms with E-state index < -0.39 is 37.3 Å². The molecule has 5 nitrogen and oxygen atoms in total. The van der Waals surface area contributed by atoms with Crippen LogP contribution in [0.4, 0.5) is 18.0 Å². The molecule has 9 heteroatoms. The standard InChI is InChI=1S/C14H18F3NO4S/c1-13(2,7-8-18(3)12(19)20)23(21,22)11-6-4-5-10(9-11)14(15,16)17/h4-6,9H,7-8H2,1-3H3,(H,19,20). The van der Waals surface area contributed by atoms with Crippen LogP contribution in [0, 0.1) is 0 Å². The first-order valence-corrected chi connectivity index (χ1v) is 8.13. The van der Waals surface area contributed by atoms with E-state index in [0.717, 1.165) is 23.1 Å². The maximum atomic E-state index is 12.7. The Balaban J connectivity index is 3.12. The van der Waals surface area contributed by atoms with Crippen LogP contribution in [0.5, 0.6) is 0 Å². The lowest BCUT2D eigenvalue weighted by Gasteiger charge is -2.27. The molecule has 0 aliphatic carbocycles. The van der Waals surface area contributed by atoms with Crippen molar-refractivity contribution in [3.05, 3.63) is 29.8 Å². The zero-order valence-electron chi connectivity index (χ0n) is 12.9. The lowest BCUT2D eigenvalue weighted by molar-refractivity contribution is -0.137. The van der Waals surface area contributed by atoms with Gasteiger partial charge in [0.1, 0.15) is 0 Å². The lowest BCUT2D eigenvalue weighted by Crippen LogP contribution is -2.37. The third-order valence-corrected chi connectivity index (χ3v) is 6.11. The van der Waals surface area contributed by atoms with Crippen molar-refractivity contribution in [3.63, 3.8) is 0 Å². The maximum absolute atomic E-state index is 12.7. The van der Waals surface area contributed by atoms with Gasteiger partial charge in [0.05, 0.1) is 15.2 Å². The summed E-state index contributed by atoms with van der Waals surface area (Å²) < 4.78 is 61.9. The van der Waals surface area contributed by atoms with Gasteiger partial charge >= 0.3 is 12.3 Å². The molecular formula is C14H18F3NO4S. The molecule has 0 spiro atoms. The van der Waals surface area contributed by atoms with E-state index in [0.29, 0.717) is 6.07 Å². The molecule has 0 saturated carbocycles. The Bertz CT molecular complexity index is 684. The maximum Gasteiger partial charge on any atom is 0.416 e. The molecule has 1 amide bonds. The molecule has 23 heavy (non-hydrogen) atoms. The van der Waals surface area contributed by atoms with Crippen LogP contribution in [-0.2, 0) is 16.0 Å². The van der Waals surface area contributed by atoms with E-state index in [1.807, 2.05) is 0 Å². The van der Waals surface area contributed by atoms with Crippen LogP contribution in [0.1, 0.15) is 25.8 Å². The van der Waals surface area contributed by atoms with Gasteiger partial charge in [-0.15, -0.1) is 0 Å². The number of nitrogens with zero attached hydrogens (tertiary/aromatic N) is 1. The Morgan fingerprint density at radius 2 is 1.83 bits per heavy atom. The van der Waals surface area contributed by atoms with Crippen LogP contribution in [0.25, 0.3) is 0 Å². The molecule has 1 aromatic rings. The Labute approximate surface area is 132 Å². The summed E-state index contributed by atoms with van der Waals surface area (Å²) in [5, 5.41) is 8.78. The molecule has 0 atom stereocenters. The molecular weight excluding hydrogens is 335 g/mol. The van der Waals surface area contributed by atoms with Crippen LogP contribution >= 0.6 is 0 Å². The molecule has 1 N–H and O–H groups in total. The number of hydrogen-bond donors (Lipinski definition) is 1. The molecule has 0 radical (unpaired) electrons. The number of halogens is 3. The quantitative estimate of drug-likeness (QED) is 0.882. The molecule has 0 saturated heterocycles. The van der Waals surface area contributed by atoms with Crippen LogP contribution in [0.15, 0.2) is 29.2 Å². The average Bonchev–Trinajstić information content (AvgIpc) is 2.43. The van der Waals surface area contributed by atoms with Gasteiger partial charge in [-0.05, 0) is 38.5 Å². The van der Waals surface area contributed by atoms with Gasteiger partial charge in [-0.2, -0.15) is 13.2 Å². The highest BCUT2D eigenvalue weighted by Gasteiger charge is 2.38. The number of alkyl halides is 3. The minimum Gasteiger partial charge on any atom is -0.465 e. The molecule has 0 heterocycles. The summed E-state index contributed by atoms with van der Waals surface area (Å²) in [5.74, 6) is 0. The van der Waals surface area contributed by atoms with Gasteiger partial charge < -0.3 is 10.0 Å².